The van der Waals surface area contributed by atoms with E-state index in [1.165, 1.54) is 44.5 Å². The van der Waals surface area contributed by atoms with Crippen LogP contribution in [0.15, 0.2) is 178 Å². The number of aryl methyl sites for hydroxylation is 1. The maximum atomic E-state index is 14.6. The molecule has 9 aromatic rings. The standard InChI is InChI=1S/C102H128N2O8S2/c1-27-29-35-103-87-55-79(107-63-69-45-81(109-59-65-37-71(95(3,4)5)49-72(38-65)96(6,7)8)53-82(46-69)110-60-66-39-73(97(9,10)11)50-74(40-66)98(12,13)14)31-33-89(87)113-91(103)57-85-93(105)86(94(85)106)58-92-104(36-30-28-2)88-56-80(32-34-90(88)114-92)108-64-70-47-83(111-61-67-41-75(99(15,16)17)51-76(42-67)100(18,19)20)54-84(48-70)112-62-68-43-77(101(21,22)23)52-78(44-68)102(24,25)26/h31-34,37-58H,27-30,35-36,59-64H2,1-26H3/p+1. The van der Waals surface area contributed by atoms with E-state index in [1.807, 2.05) is 36.4 Å². The minimum Gasteiger partial charge on any atom is -0.506 e. The summed E-state index contributed by atoms with van der Waals surface area (Å²) in [4.78, 5) is 17.9. The zero-order valence-electron chi connectivity index (χ0n) is 73.5. The quantitative estimate of drug-likeness (QED) is 0.0417. The highest BCUT2D eigenvalue weighted by atomic mass is 32.2. The van der Waals surface area contributed by atoms with Crippen molar-refractivity contribution < 1.29 is 42.9 Å². The van der Waals surface area contributed by atoms with Gasteiger partial charge in [-0.25, -0.2) is 0 Å². The monoisotopic (exact) mass is 1570 g/mol. The van der Waals surface area contributed by atoms with Crippen LogP contribution in [0.3, 0.4) is 0 Å². The fourth-order valence-electron chi connectivity index (χ4n) is 13.9. The Bertz CT molecular complexity index is 4780. The maximum absolute atomic E-state index is 14.6. The van der Waals surface area contributed by atoms with Crippen molar-refractivity contribution in [2.24, 2.45) is 0 Å². The smallest absolute Gasteiger partial charge is 0.263 e. The van der Waals surface area contributed by atoms with Gasteiger partial charge in [0, 0.05) is 42.1 Å². The molecule has 0 unspecified atom stereocenters. The number of aliphatic hydroxyl groups excluding tert-OH is 1. The summed E-state index contributed by atoms with van der Waals surface area (Å²) in [6.07, 6.45) is 7.54. The Kier molecular flexibility index (Phi) is 25.6. The second kappa shape index (κ2) is 33.9. The van der Waals surface area contributed by atoms with Gasteiger partial charge in [-0.15, -0.1) is 0 Å². The number of aliphatic hydroxyl groups is 1. The normalized spacial score (nSPS) is 14.6. The third-order valence-corrected chi connectivity index (χ3v) is 23.8. The molecule has 0 atom stereocenters. The number of nitrogens with zero attached hydrogens (tertiary/aromatic N) is 2. The lowest BCUT2D eigenvalue weighted by atomic mass is 9.79. The second-order valence-corrected chi connectivity index (χ2v) is 42.1. The number of thioether (sulfide) groups is 1. The van der Waals surface area contributed by atoms with Gasteiger partial charge in [0.25, 0.3) is 5.01 Å². The number of ketones is 1. The number of ether oxygens (including phenoxy) is 6. The number of Topliss-reactive ketones (excluding diaryl/α,β-unsaturated/α-hetero) is 1. The van der Waals surface area contributed by atoms with Crippen molar-refractivity contribution in [1.29, 1.82) is 0 Å². The predicted octanol–water partition coefficient (Wildman–Crippen LogP) is 26.9. The lowest BCUT2D eigenvalue weighted by Gasteiger charge is -2.26. The van der Waals surface area contributed by atoms with Gasteiger partial charge in [0.05, 0.1) is 27.9 Å². The number of rotatable bonds is 26. The van der Waals surface area contributed by atoms with Crippen LogP contribution >= 0.6 is 23.1 Å². The average Bonchev–Trinajstić information content (AvgIpc) is 1.50. The highest BCUT2D eigenvalue weighted by molar-refractivity contribution is 8.03. The number of carbonyl (C=O) groups excluding carboxylic acids is 1. The predicted molar refractivity (Wildman–Crippen MR) is 476 cm³/mol. The Balaban J connectivity index is 0.833. The molecule has 114 heavy (non-hydrogen) atoms. The Hall–Kier alpha value is -8.71. The van der Waals surface area contributed by atoms with E-state index in [9.17, 15) is 9.90 Å². The summed E-state index contributed by atoms with van der Waals surface area (Å²) in [7, 11) is 0. The summed E-state index contributed by atoms with van der Waals surface area (Å²) < 4.78 is 43.9. The first-order chi connectivity index (χ1) is 53.2. The summed E-state index contributed by atoms with van der Waals surface area (Å²) in [5.41, 5.74) is 18.9. The van der Waals surface area contributed by atoms with Gasteiger partial charge in [-0.2, -0.15) is 4.57 Å². The fourth-order valence-corrected chi connectivity index (χ4v) is 16.2. The maximum Gasteiger partial charge on any atom is 0.263 e. The summed E-state index contributed by atoms with van der Waals surface area (Å²) in [6.45, 7) is 62.2. The fraction of sp³-hybridized carbons (Fsp3) is 0.451. The molecule has 1 N–H and O–H groups in total. The number of hydrogen-bond acceptors (Lipinski definition) is 11. The molecule has 606 valence electrons. The SMILES string of the molecule is CCCCN1/C(=C/C2=C(O)C(=C/c3sc4ccc(OCc5cc(OCc6cc(C(C)(C)C)cc(C(C)(C)C)c6)cc(OCc6cc(C(C)(C)C)cc(C(C)(C)C)c6)c5)cc4[n+]3CCCC)/C2=O)Sc2ccc(OCc3cc(OCc4cc(C(C)(C)C)cc(C(C)(C)C)c4)cc(OCc4cc(C(C)(C)C)cc(C(C)(C)C)c4)c3)cc21. The number of aromatic nitrogens is 1. The van der Waals surface area contributed by atoms with Crippen molar-refractivity contribution in [3.8, 4) is 34.5 Å². The molecule has 2 heterocycles. The highest BCUT2D eigenvalue weighted by Gasteiger charge is 2.37. The van der Waals surface area contributed by atoms with Crippen molar-refractivity contribution >= 4 is 50.9 Å². The highest BCUT2D eigenvalue weighted by Crippen LogP contribution is 2.50. The number of carbonyl (C=O) groups is 1. The van der Waals surface area contributed by atoms with Gasteiger partial charge >= 0.3 is 0 Å². The molecule has 11 rings (SSSR count). The minimum atomic E-state index is -0.189. The molecule has 10 nitrogen and oxygen atoms in total. The van der Waals surface area contributed by atoms with Gasteiger partial charge in [-0.3, -0.25) is 4.79 Å². The molecule has 0 saturated heterocycles. The molecule has 1 aromatic heterocycles. The third kappa shape index (κ3) is 21.7. The molecule has 0 amide bonds. The number of allylic oxidation sites excluding steroid dienone is 3. The van der Waals surface area contributed by atoms with E-state index in [4.69, 9.17) is 28.4 Å². The average molecular weight is 1580 g/mol. The Labute approximate surface area is 691 Å². The second-order valence-electron chi connectivity index (χ2n) is 40.0. The summed E-state index contributed by atoms with van der Waals surface area (Å²) >= 11 is 3.21. The molecule has 0 fully saturated rings. The summed E-state index contributed by atoms with van der Waals surface area (Å²) in [5.74, 6) is 4.02. The molecule has 0 saturated carbocycles. The molecular formula is C102H129N2O8S2+. The van der Waals surface area contributed by atoms with E-state index < -0.39 is 0 Å². The van der Waals surface area contributed by atoms with Crippen LogP contribution in [0.25, 0.3) is 16.3 Å². The van der Waals surface area contributed by atoms with Crippen LogP contribution < -0.4 is 37.9 Å². The third-order valence-electron chi connectivity index (χ3n) is 21.6. The lowest BCUT2D eigenvalue weighted by molar-refractivity contribution is -0.669. The van der Waals surface area contributed by atoms with Gasteiger partial charge in [-0.05, 0) is 182 Å². The number of hydrogen-bond donors (Lipinski definition) is 1. The van der Waals surface area contributed by atoms with E-state index >= 15 is 0 Å². The van der Waals surface area contributed by atoms with Crippen molar-refractivity contribution in [2.75, 3.05) is 11.4 Å². The first-order valence-corrected chi connectivity index (χ1v) is 42.9. The minimum absolute atomic E-state index is 0.00140. The molecule has 0 bridgehead atoms. The van der Waals surface area contributed by atoms with Crippen LogP contribution in [0.5, 0.6) is 34.5 Å². The van der Waals surface area contributed by atoms with Gasteiger partial charge in [0.15, 0.2) is 6.54 Å². The molecule has 1 aliphatic carbocycles. The summed E-state index contributed by atoms with van der Waals surface area (Å²) in [5, 5.41) is 13.8. The van der Waals surface area contributed by atoms with E-state index in [-0.39, 0.29) is 68.1 Å². The zero-order chi connectivity index (χ0) is 83.0. The van der Waals surface area contributed by atoms with Crippen LogP contribution in [0.4, 0.5) is 5.69 Å². The molecule has 1 aliphatic heterocycles. The first-order valence-electron chi connectivity index (χ1n) is 41.3. The van der Waals surface area contributed by atoms with Crippen LogP contribution in [0, 0.1) is 0 Å². The molecule has 0 spiro atoms. The Morgan fingerprint density at radius 2 is 0.702 bits per heavy atom. The Morgan fingerprint density at radius 3 is 1.04 bits per heavy atom. The largest absolute Gasteiger partial charge is 0.506 e. The number of unbranched alkanes of at least 4 members (excludes halogenated alkanes) is 2. The number of benzene rings is 8. The van der Waals surface area contributed by atoms with E-state index in [2.05, 4.69) is 311 Å². The van der Waals surface area contributed by atoms with Gasteiger partial charge in [0.2, 0.25) is 11.3 Å². The van der Waals surface area contributed by atoms with Crippen LogP contribution in [-0.2, 0) is 94.3 Å². The first kappa shape index (κ1) is 86.2. The van der Waals surface area contributed by atoms with Crippen molar-refractivity contribution in [3.63, 3.8) is 0 Å². The van der Waals surface area contributed by atoms with E-state index in [0.717, 1.165) is 103 Å². The van der Waals surface area contributed by atoms with Crippen LogP contribution in [-0.4, -0.2) is 17.4 Å². The zero-order valence-corrected chi connectivity index (χ0v) is 75.1. The summed E-state index contributed by atoms with van der Waals surface area (Å²) in [6, 6.07) is 52.3. The van der Waals surface area contributed by atoms with E-state index in [1.54, 1.807) is 23.1 Å². The molecule has 8 aromatic carbocycles. The Morgan fingerprint density at radius 1 is 0.377 bits per heavy atom. The molecule has 12 heteroatoms. The number of anilines is 1. The topological polar surface area (TPSA) is 99.8 Å². The van der Waals surface area contributed by atoms with E-state index in [0.29, 0.717) is 72.1 Å². The molecule has 0 radical (unpaired) electrons. The van der Waals surface area contributed by atoms with Gasteiger partial charge < -0.3 is 38.4 Å². The van der Waals surface area contributed by atoms with Gasteiger partial charge in [0.1, 0.15) is 84.6 Å². The van der Waals surface area contributed by atoms with Gasteiger partial charge in [-0.1, -0.05) is 289 Å². The lowest BCUT2D eigenvalue weighted by Crippen LogP contribution is -2.35. The van der Waals surface area contributed by atoms with Crippen molar-refractivity contribution in [2.45, 2.75) is 300 Å². The van der Waals surface area contributed by atoms with Crippen LogP contribution in [0.1, 0.15) is 289 Å². The number of fused-ring (bicyclic) bond motifs is 2. The molecule has 2 aliphatic rings. The molecular weight excluding hydrogens is 1450 g/mol. The van der Waals surface area contributed by atoms with Crippen molar-refractivity contribution in [3.05, 3.63) is 256 Å². The van der Waals surface area contributed by atoms with Crippen molar-refractivity contribution in [1.82, 2.24) is 0 Å². The van der Waals surface area contributed by atoms with Crippen LogP contribution in [0.2, 0.25) is 0 Å². The number of thiazole rings is 1.